The Hall–Kier alpha value is -2.24. The minimum Gasteiger partial charge on any atom is -0.449 e. The van der Waals surface area contributed by atoms with Crippen LogP contribution in [0, 0.1) is 0 Å². The van der Waals surface area contributed by atoms with Gasteiger partial charge in [-0.3, -0.25) is 0 Å². The molecular formula is C10H12N2O4. The number of para-hydroxylation sites is 1. The van der Waals surface area contributed by atoms with E-state index < -0.39 is 12.2 Å². The van der Waals surface area contributed by atoms with Crippen LogP contribution in [0.5, 0.6) is 5.75 Å². The Morgan fingerprint density at radius 2 is 1.75 bits per heavy atom. The molecule has 1 rings (SSSR count). The van der Waals surface area contributed by atoms with E-state index in [1.807, 2.05) is 10.9 Å². The van der Waals surface area contributed by atoms with Gasteiger partial charge in [0.05, 0.1) is 6.61 Å². The van der Waals surface area contributed by atoms with Crippen LogP contribution in [0.15, 0.2) is 30.3 Å². The summed E-state index contributed by atoms with van der Waals surface area (Å²) in [5.41, 5.74) is 4.05. The Morgan fingerprint density at radius 1 is 1.12 bits per heavy atom. The number of hydrogen-bond acceptors (Lipinski definition) is 4. The topological polar surface area (TPSA) is 76.7 Å². The molecule has 0 aliphatic carbocycles. The summed E-state index contributed by atoms with van der Waals surface area (Å²) < 4.78 is 9.34. The second-order valence-corrected chi connectivity index (χ2v) is 2.67. The van der Waals surface area contributed by atoms with E-state index in [0.717, 1.165) is 0 Å². The number of carbonyl (C=O) groups excluding carboxylic acids is 2. The standard InChI is InChI=1S/C10H12N2O4/c1-2-15-9(13)11-12-10(14)16-8-6-4-3-5-7-8/h3-7H,2H2,1H3,(H,11,13)(H,12,14). The van der Waals surface area contributed by atoms with Crippen molar-refractivity contribution in [2.24, 2.45) is 0 Å². The predicted octanol–water partition coefficient (Wildman–Crippen LogP) is 1.44. The van der Waals surface area contributed by atoms with Gasteiger partial charge in [0, 0.05) is 0 Å². The van der Waals surface area contributed by atoms with Gasteiger partial charge in [-0.15, -0.1) is 0 Å². The summed E-state index contributed by atoms with van der Waals surface area (Å²) in [6.07, 6.45) is -1.54. The van der Waals surface area contributed by atoms with E-state index in [0.29, 0.717) is 5.75 Å². The van der Waals surface area contributed by atoms with Gasteiger partial charge in [0.1, 0.15) is 5.75 Å². The van der Waals surface area contributed by atoms with Gasteiger partial charge in [-0.2, -0.15) is 0 Å². The third kappa shape index (κ3) is 4.32. The lowest BCUT2D eigenvalue weighted by molar-refractivity contribution is 0.143. The highest BCUT2D eigenvalue weighted by Gasteiger charge is 2.05. The quantitative estimate of drug-likeness (QED) is 0.745. The van der Waals surface area contributed by atoms with E-state index in [2.05, 4.69) is 4.74 Å². The molecule has 2 N–H and O–H groups in total. The molecule has 0 aromatic heterocycles. The van der Waals surface area contributed by atoms with Crippen LogP contribution in [0.3, 0.4) is 0 Å². The zero-order valence-corrected chi connectivity index (χ0v) is 8.73. The number of hydrogen-bond donors (Lipinski definition) is 2. The molecule has 0 saturated carbocycles. The summed E-state index contributed by atoms with van der Waals surface area (Å²) in [5, 5.41) is 0. The second-order valence-electron chi connectivity index (χ2n) is 2.67. The van der Waals surface area contributed by atoms with Crippen molar-refractivity contribution in [3.8, 4) is 5.75 Å². The number of amides is 2. The summed E-state index contributed by atoms with van der Waals surface area (Å²) in [7, 11) is 0. The van der Waals surface area contributed by atoms with Crippen LogP contribution < -0.4 is 15.6 Å². The van der Waals surface area contributed by atoms with E-state index in [4.69, 9.17) is 4.74 Å². The zero-order chi connectivity index (χ0) is 11.8. The molecule has 0 aliphatic rings. The molecule has 0 radical (unpaired) electrons. The average Bonchev–Trinajstić information content (AvgIpc) is 2.28. The lowest BCUT2D eigenvalue weighted by atomic mass is 10.3. The fourth-order valence-corrected chi connectivity index (χ4v) is 0.890. The second kappa shape index (κ2) is 6.28. The van der Waals surface area contributed by atoms with E-state index in [-0.39, 0.29) is 6.61 Å². The third-order valence-corrected chi connectivity index (χ3v) is 1.50. The van der Waals surface area contributed by atoms with Crippen LogP contribution in [0.1, 0.15) is 6.92 Å². The van der Waals surface area contributed by atoms with Crippen LogP contribution in [0.25, 0.3) is 0 Å². The highest BCUT2D eigenvalue weighted by Crippen LogP contribution is 2.07. The van der Waals surface area contributed by atoms with Crippen LogP contribution in [0.2, 0.25) is 0 Å². The van der Waals surface area contributed by atoms with Gasteiger partial charge in [-0.05, 0) is 19.1 Å². The highest BCUT2D eigenvalue weighted by molar-refractivity contribution is 5.75. The summed E-state index contributed by atoms with van der Waals surface area (Å²) >= 11 is 0. The summed E-state index contributed by atoms with van der Waals surface area (Å²) in [6.45, 7) is 1.88. The molecule has 6 heteroatoms. The number of carbonyl (C=O) groups is 2. The smallest absolute Gasteiger partial charge is 0.431 e. The molecule has 1 aromatic rings. The van der Waals surface area contributed by atoms with E-state index >= 15 is 0 Å². The number of benzene rings is 1. The first-order valence-corrected chi connectivity index (χ1v) is 4.68. The summed E-state index contributed by atoms with van der Waals surface area (Å²) in [5.74, 6) is 0.380. The molecule has 2 amide bonds. The molecule has 0 bridgehead atoms. The van der Waals surface area contributed by atoms with Crippen molar-refractivity contribution in [3.63, 3.8) is 0 Å². The van der Waals surface area contributed by atoms with Crippen molar-refractivity contribution in [3.05, 3.63) is 30.3 Å². The lowest BCUT2D eigenvalue weighted by Crippen LogP contribution is -2.43. The van der Waals surface area contributed by atoms with Crippen molar-refractivity contribution < 1.29 is 19.1 Å². The maximum absolute atomic E-state index is 11.1. The molecular weight excluding hydrogens is 212 g/mol. The van der Waals surface area contributed by atoms with Crippen molar-refractivity contribution in [2.75, 3.05) is 6.61 Å². The molecule has 86 valence electrons. The number of ether oxygens (including phenoxy) is 2. The van der Waals surface area contributed by atoms with Gasteiger partial charge in [-0.1, -0.05) is 18.2 Å². The minimum absolute atomic E-state index is 0.223. The average molecular weight is 224 g/mol. The third-order valence-electron chi connectivity index (χ3n) is 1.50. The summed E-state index contributed by atoms with van der Waals surface area (Å²) in [6, 6.07) is 8.47. The normalized spacial score (nSPS) is 9.06. The van der Waals surface area contributed by atoms with E-state index in [1.54, 1.807) is 37.3 Å². The van der Waals surface area contributed by atoms with Gasteiger partial charge in [0.2, 0.25) is 0 Å². The first kappa shape index (κ1) is 11.8. The first-order valence-electron chi connectivity index (χ1n) is 4.68. The maximum atomic E-state index is 11.1. The number of rotatable bonds is 2. The molecule has 0 unspecified atom stereocenters. The van der Waals surface area contributed by atoms with Crippen LogP contribution >= 0.6 is 0 Å². The first-order chi connectivity index (χ1) is 7.72. The fourth-order valence-electron chi connectivity index (χ4n) is 0.890. The Morgan fingerprint density at radius 3 is 2.38 bits per heavy atom. The molecule has 16 heavy (non-hydrogen) atoms. The largest absolute Gasteiger partial charge is 0.449 e. The van der Waals surface area contributed by atoms with Crippen molar-refractivity contribution in [2.45, 2.75) is 6.92 Å². The summed E-state index contributed by atoms with van der Waals surface area (Å²) in [4.78, 5) is 21.9. The van der Waals surface area contributed by atoms with Gasteiger partial charge < -0.3 is 9.47 Å². The van der Waals surface area contributed by atoms with Crippen LogP contribution in [0.4, 0.5) is 9.59 Å². The fraction of sp³-hybridized carbons (Fsp3) is 0.200. The lowest BCUT2D eigenvalue weighted by Gasteiger charge is -2.07. The Labute approximate surface area is 92.5 Å². The molecule has 6 nitrogen and oxygen atoms in total. The Kier molecular flexibility index (Phi) is 4.65. The number of nitrogens with one attached hydrogen (secondary N) is 2. The van der Waals surface area contributed by atoms with Gasteiger partial charge >= 0.3 is 12.2 Å². The highest BCUT2D eigenvalue weighted by atomic mass is 16.6. The molecule has 0 spiro atoms. The SMILES string of the molecule is CCOC(=O)NNC(=O)Oc1ccccc1. The Bertz CT molecular complexity index is 353. The van der Waals surface area contributed by atoms with Gasteiger partial charge in [0.25, 0.3) is 0 Å². The molecule has 0 atom stereocenters. The monoisotopic (exact) mass is 224 g/mol. The van der Waals surface area contributed by atoms with E-state index in [1.165, 1.54) is 0 Å². The van der Waals surface area contributed by atoms with Crippen LogP contribution in [-0.2, 0) is 4.74 Å². The Balaban J connectivity index is 2.29. The van der Waals surface area contributed by atoms with E-state index in [9.17, 15) is 9.59 Å². The minimum atomic E-state index is -0.792. The molecule has 0 aliphatic heterocycles. The molecule has 0 heterocycles. The van der Waals surface area contributed by atoms with Crippen molar-refractivity contribution in [1.29, 1.82) is 0 Å². The van der Waals surface area contributed by atoms with Crippen LogP contribution in [-0.4, -0.2) is 18.8 Å². The molecule has 0 fully saturated rings. The zero-order valence-electron chi connectivity index (χ0n) is 8.73. The molecule has 0 saturated heterocycles. The van der Waals surface area contributed by atoms with Gasteiger partial charge in [-0.25, -0.2) is 20.4 Å². The molecule has 1 aromatic carbocycles. The van der Waals surface area contributed by atoms with Gasteiger partial charge in [0.15, 0.2) is 0 Å². The maximum Gasteiger partial charge on any atom is 0.431 e. The van der Waals surface area contributed by atoms with Crippen molar-refractivity contribution >= 4 is 12.2 Å². The number of hydrazine groups is 1. The predicted molar refractivity (Wildman–Crippen MR) is 55.8 cm³/mol. The van der Waals surface area contributed by atoms with Crippen molar-refractivity contribution in [1.82, 2.24) is 10.9 Å².